The summed E-state index contributed by atoms with van der Waals surface area (Å²) in [5.41, 5.74) is 2.02. The van der Waals surface area contributed by atoms with E-state index in [4.69, 9.17) is 29.4 Å². The molecule has 2 aliphatic carbocycles. The number of aromatic nitrogens is 2. The van der Waals surface area contributed by atoms with Crippen molar-refractivity contribution in [2.45, 2.75) is 127 Å². The van der Waals surface area contributed by atoms with Crippen molar-refractivity contribution < 1.29 is 77.9 Å². The van der Waals surface area contributed by atoms with Crippen molar-refractivity contribution in [3.8, 4) is 17.2 Å². The van der Waals surface area contributed by atoms with Crippen LogP contribution in [0.1, 0.15) is 115 Å². The second kappa shape index (κ2) is 18.8. The van der Waals surface area contributed by atoms with E-state index >= 15 is 0 Å². The predicted molar refractivity (Wildman–Crippen MR) is 215 cm³/mol. The van der Waals surface area contributed by atoms with Gasteiger partial charge in [-0.3, -0.25) is 24.3 Å². The summed E-state index contributed by atoms with van der Waals surface area (Å²) >= 11 is 0. The van der Waals surface area contributed by atoms with Crippen molar-refractivity contribution >= 4 is 29.3 Å². The van der Waals surface area contributed by atoms with E-state index in [0.717, 1.165) is 23.6 Å². The molecule has 21 heteroatoms. The van der Waals surface area contributed by atoms with E-state index in [2.05, 4.69) is 10.3 Å². The second-order valence-electron chi connectivity index (χ2n) is 15.9. The first-order valence-corrected chi connectivity index (χ1v) is 20.3. The number of aromatic hydroxyl groups is 2. The lowest BCUT2D eigenvalue weighted by Gasteiger charge is -2.42. The van der Waals surface area contributed by atoms with E-state index < -0.39 is 131 Å². The monoisotopic (exact) mass is 886 g/mol. The molecule has 2 fully saturated rings. The number of nitrogens with two attached hydrogens (primary N) is 1. The van der Waals surface area contributed by atoms with Gasteiger partial charge >= 0.3 is 11.8 Å². The molecule has 1 aromatic heterocycles. The van der Waals surface area contributed by atoms with Crippen LogP contribution in [-0.4, -0.2) is 126 Å². The number of fused-ring (bicyclic) bond motifs is 3. The number of phenolic OH excluding ortho intramolecular Hbond substituents is 2. The van der Waals surface area contributed by atoms with Crippen LogP contribution in [0.2, 0.25) is 0 Å². The molecule has 2 unspecified atom stereocenters. The number of hydrogen-bond acceptors (Lipinski definition) is 18. The van der Waals surface area contributed by atoms with E-state index in [1.54, 1.807) is 6.92 Å². The fourth-order valence-corrected chi connectivity index (χ4v) is 8.08. The number of rotatable bonds is 10. The Morgan fingerprint density at radius 1 is 1.00 bits per heavy atom. The molecular formula is C42H51FN4O16. The molecule has 4 aliphatic rings. The summed E-state index contributed by atoms with van der Waals surface area (Å²) in [6.07, 6.45) is -6.78. The first kappa shape index (κ1) is 47.1. The number of aliphatic hydroxyl groups excluding tert-OH is 3. The molecule has 0 bridgehead atoms. The van der Waals surface area contributed by atoms with Gasteiger partial charge in [0.2, 0.25) is 5.78 Å². The standard InChI is InChI=1S/C27H29NO10.C15H22FN3O6/c1-10-22(30)14(28)7-17(37-10)38-16-9-27(35,11(2)29)8-13-19(16)26(34)21-20(24(13)32)23(31)12-5-4-6-15(36-3)18(12)25(21)33;1-3-4-5-6-24-15(23)18-12-9(16)7-19(14(22)17-12)13-11(21)10(20)8(2)25-13/h4-6,10,14,16-17,22,30,32,34-35H,7-9,28H2,1-3H3;7-8,10-11,13,20-21H,3-6H2,1-2H3,(H,17,18,22,23)/t10-,14-,16-,17-,22+,27-;8?,10-,11-,13?/m01/s1. The van der Waals surface area contributed by atoms with Crippen LogP contribution in [0.3, 0.4) is 0 Å². The number of nitrogens with zero attached hydrogens (tertiary/aromatic N) is 2. The van der Waals surface area contributed by atoms with Crippen molar-refractivity contribution in [1.29, 1.82) is 0 Å². The minimum absolute atomic E-state index is 0.0147. The number of ether oxygens (including phenoxy) is 5. The molecular weight excluding hydrogens is 835 g/mol. The minimum atomic E-state index is -2.00. The fourth-order valence-electron chi connectivity index (χ4n) is 8.08. The van der Waals surface area contributed by atoms with Crippen LogP contribution in [0, 0.1) is 5.82 Å². The maximum atomic E-state index is 14.1. The van der Waals surface area contributed by atoms with Gasteiger partial charge in [0.05, 0.1) is 61.0 Å². The number of hydrogen-bond donors (Lipinski definition) is 8. The van der Waals surface area contributed by atoms with E-state index in [1.165, 1.54) is 39.2 Å². The number of anilines is 1. The summed E-state index contributed by atoms with van der Waals surface area (Å²) in [5, 5.41) is 65.7. The van der Waals surface area contributed by atoms with Gasteiger partial charge in [-0.15, -0.1) is 0 Å². The lowest BCUT2D eigenvalue weighted by molar-refractivity contribution is -0.247. The smallest absolute Gasteiger partial charge is 0.412 e. The Labute approximate surface area is 359 Å². The molecule has 63 heavy (non-hydrogen) atoms. The topological polar surface area (TPSA) is 309 Å². The van der Waals surface area contributed by atoms with Crippen LogP contribution < -0.4 is 21.5 Å². The third-order valence-corrected chi connectivity index (χ3v) is 11.7. The predicted octanol–water partition coefficient (Wildman–Crippen LogP) is 1.79. The highest BCUT2D eigenvalue weighted by Crippen LogP contribution is 2.52. The highest BCUT2D eigenvalue weighted by Gasteiger charge is 2.49. The van der Waals surface area contributed by atoms with Gasteiger partial charge in [-0.25, -0.2) is 14.0 Å². The maximum Gasteiger partial charge on any atom is 0.412 e. The number of ketones is 3. The first-order chi connectivity index (χ1) is 29.7. The number of benzene rings is 2. The summed E-state index contributed by atoms with van der Waals surface area (Å²) in [7, 11) is 1.34. The normalized spacial score (nSPS) is 28.5. The molecule has 0 saturated carbocycles. The van der Waals surface area contributed by atoms with E-state index in [-0.39, 0.29) is 47.5 Å². The van der Waals surface area contributed by atoms with Crippen LogP contribution in [0.15, 0.2) is 29.2 Å². The van der Waals surface area contributed by atoms with Gasteiger partial charge in [-0.05, 0) is 33.3 Å². The van der Waals surface area contributed by atoms with Gasteiger partial charge in [0.1, 0.15) is 35.1 Å². The SMILES string of the molecule is CCCCCOC(=O)Nc1nc(=O)n(C2OC(C)[C@@H](O)[C@H]2O)cc1F.COc1cccc2c1C(=O)c1c(O)c3c(c(O)c1C2=O)C[C@@](O)(C(C)=O)C[C@@H]3O[C@H]1C[C@H](N)[C@H](O)[C@H](C)O1. The van der Waals surface area contributed by atoms with E-state index in [9.17, 15) is 59.0 Å². The van der Waals surface area contributed by atoms with Crippen molar-refractivity contribution in [2.75, 3.05) is 19.0 Å². The number of methoxy groups -OCH3 is 1. The summed E-state index contributed by atoms with van der Waals surface area (Å²) in [4.78, 5) is 66.6. The molecule has 342 valence electrons. The number of carbonyl (C=O) groups excluding carboxylic acids is 4. The summed E-state index contributed by atoms with van der Waals surface area (Å²) in [5.74, 6) is -4.76. The molecule has 2 aromatic carbocycles. The Balaban J connectivity index is 0.000000230. The lowest BCUT2D eigenvalue weighted by atomic mass is 9.72. The number of amides is 1. The Morgan fingerprint density at radius 3 is 2.30 bits per heavy atom. The Hall–Kier alpha value is -5.39. The van der Waals surface area contributed by atoms with E-state index in [1.807, 2.05) is 6.92 Å². The van der Waals surface area contributed by atoms with Crippen molar-refractivity contribution in [3.63, 3.8) is 0 Å². The molecule has 7 rings (SSSR count). The molecule has 3 aromatic rings. The zero-order valence-electron chi connectivity index (χ0n) is 35.1. The number of halogens is 1. The molecule has 1 amide bonds. The highest BCUT2D eigenvalue weighted by molar-refractivity contribution is 6.31. The largest absolute Gasteiger partial charge is 0.507 e. The second-order valence-corrected chi connectivity index (χ2v) is 15.9. The van der Waals surface area contributed by atoms with Crippen LogP contribution in [0.25, 0.3) is 0 Å². The van der Waals surface area contributed by atoms with Crippen LogP contribution in [0.4, 0.5) is 15.0 Å². The molecule has 2 aliphatic heterocycles. The Kier molecular flexibility index (Phi) is 14.0. The van der Waals surface area contributed by atoms with Crippen LogP contribution in [-0.2, 0) is 30.2 Å². The number of nitrogens with one attached hydrogen (secondary N) is 1. The van der Waals surface area contributed by atoms with Crippen LogP contribution >= 0.6 is 0 Å². The van der Waals surface area contributed by atoms with Gasteiger partial charge in [0.25, 0.3) is 0 Å². The molecule has 20 nitrogen and oxygen atoms in total. The Bertz CT molecular complexity index is 2330. The summed E-state index contributed by atoms with van der Waals surface area (Å²) in [6, 6.07) is 3.75. The van der Waals surface area contributed by atoms with Gasteiger partial charge in [-0.1, -0.05) is 31.9 Å². The zero-order chi connectivity index (χ0) is 46.2. The van der Waals surface area contributed by atoms with Gasteiger partial charge < -0.3 is 60.1 Å². The average Bonchev–Trinajstić information content (AvgIpc) is 3.49. The Morgan fingerprint density at radius 2 is 1.68 bits per heavy atom. The summed E-state index contributed by atoms with van der Waals surface area (Å²) < 4.78 is 42.0. The minimum Gasteiger partial charge on any atom is -0.507 e. The molecule has 0 spiro atoms. The number of unbranched alkanes of at least 4 members (excludes halogenated alkanes) is 2. The molecule has 9 N–H and O–H groups in total. The molecule has 0 radical (unpaired) electrons. The number of aliphatic hydroxyl groups is 4. The number of Topliss-reactive ketones (excluding diaryl/α,β-unsaturated/α-hetero) is 1. The highest BCUT2D eigenvalue weighted by atomic mass is 19.1. The summed E-state index contributed by atoms with van der Waals surface area (Å²) in [6.45, 7) is 6.47. The van der Waals surface area contributed by atoms with Crippen LogP contribution in [0.5, 0.6) is 17.2 Å². The van der Waals surface area contributed by atoms with Crippen molar-refractivity contribution in [1.82, 2.24) is 9.55 Å². The number of phenols is 2. The van der Waals surface area contributed by atoms with Crippen molar-refractivity contribution in [3.05, 3.63) is 74.1 Å². The molecule has 3 heterocycles. The maximum absolute atomic E-state index is 14.1. The lowest BCUT2D eigenvalue weighted by Crippen LogP contribution is -2.52. The van der Waals surface area contributed by atoms with Gasteiger partial charge in [-0.2, -0.15) is 4.98 Å². The molecule has 2 saturated heterocycles. The van der Waals surface area contributed by atoms with Crippen molar-refractivity contribution in [2.24, 2.45) is 5.73 Å². The van der Waals surface area contributed by atoms with Gasteiger partial charge in [0.15, 0.2) is 35.7 Å². The number of carbonyl (C=O) groups is 4. The average molecular weight is 887 g/mol. The fraction of sp³-hybridized carbons (Fsp3) is 0.524. The zero-order valence-corrected chi connectivity index (χ0v) is 35.1. The quantitative estimate of drug-likeness (QED) is 0.0831. The molecule has 10 atom stereocenters. The van der Waals surface area contributed by atoms with Gasteiger partial charge in [0, 0.05) is 42.0 Å². The third-order valence-electron chi connectivity index (χ3n) is 11.7. The first-order valence-electron chi connectivity index (χ1n) is 20.3. The third kappa shape index (κ3) is 9.05. The van der Waals surface area contributed by atoms with E-state index in [0.29, 0.717) is 6.42 Å².